The van der Waals surface area contributed by atoms with E-state index < -0.39 is 5.41 Å². The van der Waals surface area contributed by atoms with Gasteiger partial charge >= 0.3 is 0 Å². The molecule has 0 N–H and O–H groups in total. The van der Waals surface area contributed by atoms with Crippen molar-refractivity contribution < 1.29 is 4.79 Å². The molecule has 0 spiro atoms. The SMILES string of the molecule is O=C1C=C2C=C[C@H](Cl)[C@@H](Cl)[C@]2(CCl)C2=C1CCCC2. The summed E-state index contributed by atoms with van der Waals surface area (Å²) in [6.45, 7) is 0. The maximum Gasteiger partial charge on any atom is 0.182 e. The van der Waals surface area contributed by atoms with Crippen LogP contribution < -0.4 is 0 Å². The Labute approximate surface area is 128 Å². The molecule has 0 fully saturated rings. The smallest absolute Gasteiger partial charge is 0.182 e. The molecule has 0 aromatic rings. The number of fused-ring (bicyclic) bond motifs is 2. The van der Waals surface area contributed by atoms with E-state index >= 15 is 0 Å². The summed E-state index contributed by atoms with van der Waals surface area (Å²) >= 11 is 19.2. The van der Waals surface area contributed by atoms with Gasteiger partial charge in [0, 0.05) is 11.3 Å². The van der Waals surface area contributed by atoms with Crippen molar-refractivity contribution in [1.29, 1.82) is 0 Å². The van der Waals surface area contributed by atoms with Gasteiger partial charge in [0.2, 0.25) is 0 Å². The number of carbonyl (C=O) groups excluding carboxylic acids is 1. The maximum atomic E-state index is 12.2. The molecule has 3 atom stereocenters. The Morgan fingerprint density at radius 1 is 1.26 bits per heavy atom. The number of ketones is 1. The number of carbonyl (C=O) groups is 1. The molecule has 0 amide bonds. The third-order valence-electron chi connectivity index (χ3n) is 4.53. The predicted molar refractivity (Wildman–Crippen MR) is 80.2 cm³/mol. The van der Waals surface area contributed by atoms with Gasteiger partial charge in [-0.05, 0) is 48.5 Å². The highest BCUT2D eigenvalue weighted by atomic mass is 35.5. The highest BCUT2D eigenvalue weighted by Crippen LogP contribution is 2.54. The topological polar surface area (TPSA) is 17.1 Å². The molecule has 3 aliphatic carbocycles. The van der Waals surface area contributed by atoms with Crippen LogP contribution in [0.4, 0.5) is 0 Å². The van der Waals surface area contributed by atoms with Crippen LogP contribution in [0.25, 0.3) is 0 Å². The molecule has 0 saturated heterocycles. The predicted octanol–water partition coefficient (Wildman–Crippen LogP) is 4.38. The van der Waals surface area contributed by atoms with Gasteiger partial charge in [-0.2, -0.15) is 0 Å². The third-order valence-corrected chi connectivity index (χ3v) is 6.12. The van der Waals surface area contributed by atoms with Crippen molar-refractivity contribution in [3.05, 3.63) is 34.9 Å². The molecule has 19 heavy (non-hydrogen) atoms. The molecular formula is C15H15Cl3O. The lowest BCUT2D eigenvalue weighted by molar-refractivity contribution is -0.112. The van der Waals surface area contributed by atoms with E-state index in [0.29, 0.717) is 5.88 Å². The second kappa shape index (κ2) is 4.95. The molecule has 0 aromatic carbocycles. The lowest BCUT2D eigenvalue weighted by Gasteiger charge is -2.47. The van der Waals surface area contributed by atoms with Crippen LogP contribution >= 0.6 is 34.8 Å². The van der Waals surface area contributed by atoms with Gasteiger partial charge in [0.15, 0.2) is 5.78 Å². The van der Waals surface area contributed by atoms with E-state index in [-0.39, 0.29) is 16.5 Å². The monoisotopic (exact) mass is 316 g/mol. The second-order valence-corrected chi connectivity index (χ2v) is 6.68. The van der Waals surface area contributed by atoms with Crippen molar-refractivity contribution in [1.82, 2.24) is 0 Å². The Balaban J connectivity index is 2.22. The fourth-order valence-corrected chi connectivity index (χ4v) is 4.79. The minimum absolute atomic E-state index is 0.131. The average Bonchev–Trinajstić information content (AvgIpc) is 2.44. The standard InChI is InChI=1S/C15H15Cl3O/c16-8-15-9(5-6-12(17)14(15)18)7-13(19)10-3-1-2-4-11(10)15/h5-7,12,14H,1-4,8H2/t12-,14+,15-/m0/s1. The molecule has 0 heterocycles. The number of alkyl halides is 3. The first kappa shape index (κ1) is 13.7. The van der Waals surface area contributed by atoms with Gasteiger partial charge in [0.1, 0.15) is 0 Å². The van der Waals surface area contributed by atoms with Crippen LogP contribution in [-0.2, 0) is 4.79 Å². The first-order chi connectivity index (χ1) is 9.11. The van der Waals surface area contributed by atoms with Crippen LogP contribution in [0.2, 0.25) is 0 Å². The first-order valence-electron chi connectivity index (χ1n) is 6.62. The van der Waals surface area contributed by atoms with Crippen molar-refractivity contribution >= 4 is 40.6 Å². The molecular weight excluding hydrogens is 303 g/mol. The summed E-state index contributed by atoms with van der Waals surface area (Å²) in [6.07, 6.45) is 9.41. The molecule has 0 aliphatic heterocycles. The van der Waals surface area contributed by atoms with Crippen LogP contribution in [-0.4, -0.2) is 22.4 Å². The van der Waals surface area contributed by atoms with Crippen LogP contribution in [0.1, 0.15) is 25.7 Å². The van der Waals surface area contributed by atoms with Crippen molar-refractivity contribution in [3.8, 4) is 0 Å². The zero-order valence-electron chi connectivity index (χ0n) is 10.5. The normalized spacial score (nSPS) is 37.8. The number of rotatable bonds is 1. The van der Waals surface area contributed by atoms with Crippen LogP contribution in [0, 0.1) is 5.41 Å². The molecule has 3 aliphatic rings. The van der Waals surface area contributed by atoms with Crippen molar-refractivity contribution in [2.75, 3.05) is 5.88 Å². The van der Waals surface area contributed by atoms with Gasteiger partial charge < -0.3 is 0 Å². The van der Waals surface area contributed by atoms with Crippen LogP contribution in [0.5, 0.6) is 0 Å². The summed E-state index contributed by atoms with van der Waals surface area (Å²) in [5.41, 5.74) is 2.56. The van der Waals surface area contributed by atoms with E-state index in [2.05, 4.69) is 0 Å². The summed E-state index contributed by atoms with van der Waals surface area (Å²) in [6, 6.07) is 0. The Morgan fingerprint density at radius 2 is 2.00 bits per heavy atom. The minimum atomic E-state index is -0.450. The van der Waals surface area contributed by atoms with E-state index in [1.54, 1.807) is 6.08 Å². The summed E-state index contributed by atoms with van der Waals surface area (Å²) < 4.78 is 0. The van der Waals surface area contributed by atoms with Gasteiger partial charge in [0.25, 0.3) is 0 Å². The number of allylic oxidation sites excluding steroid dienone is 6. The fourth-order valence-electron chi connectivity index (χ4n) is 3.52. The Kier molecular flexibility index (Phi) is 3.57. The highest BCUT2D eigenvalue weighted by Gasteiger charge is 2.51. The van der Waals surface area contributed by atoms with Crippen molar-refractivity contribution in [2.24, 2.45) is 5.41 Å². The average molecular weight is 318 g/mol. The third kappa shape index (κ3) is 1.86. The Bertz CT molecular complexity index is 517. The van der Waals surface area contributed by atoms with Crippen LogP contribution in [0.15, 0.2) is 34.9 Å². The number of hydrogen-bond acceptors (Lipinski definition) is 1. The zero-order valence-corrected chi connectivity index (χ0v) is 12.7. The lowest BCUT2D eigenvalue weighted by Crippen LogP contribution is -2.47. The summed E-state index contributed by atoms with van der Waals surface area (Å²) in [7, 11) is 0. The molecule has 0 unspecified atom stereocenters. The minimum Gasteiger partial charge on any atom is -0.290 e. The van der Waals surface area contributed by atoms with Gasteiger partial charge in [-0.25, -0.2) is 0 Å². The van der Waals surface area contributed by atoms with E-state index in [4.69, 9.17) is 34.8 Å². The van der Waals surface area contributed by atoms with Crippen molar-refractivity contribution in [2.45, 2.75) is 36.4 Å². The molecule has 0 saturated carbocycles. The summed E-state index contributed by atoms with van der Waals surface area (Å²) in [4.78, 5) is 12.2. The van der Waals surface area contributed by atoms with E-state index in [9.17, 15) is 4.79 Å². The van der Waals surface area contributed by atoms with Gasteiger partial charge in [0.05, 0.1) is 10.8 Å². The van der Waals surface area contributed by atoms with E-state index in [0.717, 1.165) is 42.4 Å². The first-order valence-corrected chi connectivity index (χ1v) is 8.03. The van der Waals surface area contributed by atoms with Crippen molar-refractivity contribution in [3.63, 3.8) is 0 Å². The Morgan fingerprint density at radius 3 is 2.74 bits per heavy atom. The van der Waals surface area contributed by atoms with Gasteiger partial charge in [-0.1, -0.05) is 12.2 Å². The van der Waals surface area contributed by atoms with Crippen LogP contribution in [0.3, 0.4) is 0 Å². The molecule has 0 bridgehead atoms. The molecule has 4 heteroatoms. The quantitative estimate of drug-likeness (QED) is 0.656. The Hall–Kier alpha value is -0.240. The highest BCUT2D eigenvalue weighted by molar-refractivity contribution is 6.33. The maximum absolute atomic E-state index is 12.2. The molecule has 3 rings (SSSR count). The zero-order chi connectivity index (χ0) is 13.6. The largest absolute Gasteiger partial charge is 0.290 e. The lowest BCUT2D eigenvalue weighted by atomic mass is 9.61. The second-order valence-electron chi connectivity index (χ2n) is 5.44. The fraction of sp³-hybridized carbons (Fsp3) is 0.533. The summed E-state index contributed by atoms with van der Waals surface area (Å²) in [5, 5.41) is -0.541. The van der Waals surface area contributed by atoms with E-state index in [1.165, 1.54) is 0 Å². The molecule has 0 aromatic heterocycles. The van der Waals surface area contributed by atoms with E-state index in [1.807, 2.05) is 12.2 Å². The molecule has 0 radical (unpaired) electrons. The van der Waals surface area contributed by atoms with Gasteiger partial charge in [-0.3, -0.25) is 4.79 Å². The molecule has 102 valence electrons. The number of halogens is 3. The molecule has 1 nitrogen and oxygen atoms in total. The number of hydrogen-bond donors (Lipinski definition) is 0. The van der Waals surface area contributed by atoms with Gasteiger partial charge in [-0.15, -0.1) is 34.8 Å². The summed E-state index contributed by atoms with van der Waals surface area (Å²) in [5.74, 6) is 0.513.